The van der Waals surface area contributed by atoms with E-state index in [4.69, 9.17) is 9.47 Å². The minimum Gasteiger partial charge on any atom is -0.497 e. The predicted molar refractivity (Wildman–Crippen MR) is 154 cm³/mol. The van der Waals surface area contributed by atoms with Crippen molar-refractivity contribution in [1.82, 2.24) is 15.0 Å². The lowest BCUT2D eigenvalue weighted by molar-refractivity contribution is 0.415. The smallest absolute Gasteiger partial charge is 0.250 e. The number of anilines is 6. The monoisotopic (exact) mass is 510 g/mol. The minimum atomic E-state index is 0.270. The van der Waals surface area contributed by atoms with E-state index in [2.05, 4.69) is 53.1 Å². The minimum absolute atomic E-state index is 0.270. The Kier molecular flexibility index (Phi) is 8.69. The van der Waals surface area contributed by atoms with E-state index in [0.717, 1.165) is 34.1 Å². The Morgan fingerprint density at radius 1 is 0.684 bits per heavy atom. The molecule has 0 bridgehead atoms. The van der Waals surface area contributed by atoms with Gasteiger partial charge in [-0.1, -0.05) is 18.2 Å². The van der Waals surface area contributed by atoms with E-state index in [1.54, 1.807) is 20.4 Å². The number of methoxy groups -OCH3 is 2. The molecule has 0 aliphatic rings. The highest BCUT2D eigenvalue weighted by molar-refractivity contribution is 5.79. The van der Waals surface area contributed by atoms with E-state index in [1.807, 2.05) is 86.9 Å². The number of nitrogens with one attached hydrogen (secondary N) is 3. The quantitative estimate of drug-likeness (QED) is 0.177. The molecule has 4 rings (SSSR count). The molecule has 1 heterocycles. The number of benzene rings is 3. The molecule has 0 saturated heterocycles. The molecule has 0 fully saturated rings. The number of allylic oxidation sites excluding steroid dienone is 1. The summed E-state index contributed by atoms with van der Waals surface area (Å²) in [6.07, 6.45) is 5.44. The molecule has 0 amide bonds. The standard InChI is InChI=1S/C28H30N8O2/c1-36(2)23-13-7-20(8-14-23)6-5-19-29-35-28-33-26(30-21-9-15-24(37-3)16-10-21)32-27(34-28)31-22-11-17-25(38-4)18-12-22/h5-19H,1-4H3,(H3,30,31,32,33,34,35). The van der Waals surface area contributed by atoms with Crippen LogP contribution in [-0.2, 0) is 0 Å². The zero-order chi connectivity index (χ0) is 26.7. The highest BCUT2D eigenvalue weighted by Gasteiger charge is 2.08. The summed E-state index contributed by atoms with van der Waals surface area (Å²) in [4.78, 5) is 15.4. The highest BCUT2D eigenvalue weighted by atomic mass is 16.5. The summed E-state index contributed by atoms with van der Waals surface area (Å²) in [6.45, 7) is 0. The molecule has 4 aromatic rings. The van der Waals surface area contributed by atoms with Gasteiger partial charge in [-0.05, 0) is 72.3 Å². The van der Waals surface area contributed by atoms with Crippen LogP contribution < -0.4 is 30.4 Å². The molecule has 3 N–H and O–H groups in total. The number of ether oxygens (including phenoxy) is 2. The van der Waals surface area contributed by atoms with Gasteiger partial charge in [0.1, 0.15) is 11.5 Å². The summed E-state index contributed by atoms with van der Waals surface area (Å²) in [6, 6.07) is 23.1. The van der Waals surface area contributed by atoms with Crippen LogP contribution in [0.25, 0.3) is 6.08 Å². The van der Waals surface area contributed by atoms with E-state index in [9.17, 15) is 0 Å². The number of hydrazone groups is 1. The molecule has 194 valence electrons. The van der Waals surface area contributed by atoms with Gasteiger partial charge in [0.25, 0.3) is 0 Å². The van der Waals surface area contributed by atoms with Crippen LogP contribution in [0.2, 0.25) is 0 Å². The zero-order valence-electron chi connectivity index (χ0n) is 21.7. The summed E-state index contributed by atoms with van der Waals surface area (Å²) in [5.41, 5.74) is 6.68. The molecule has 0 spiro atoms. The average molecular weight is 511 g/mol. The van der Waals surface area contributed by atoms with E-state index >= 15 is 0 Å². The van der Waals surface area contributed by atoms with Crippen LogP contribution in [0.1, 0.15) is 5.56 Å². The molecule has 0 unspecified atom stereocenters. The second kappa shape index (κ2) is 12.7. The molecule has 3 aromatic carbocycles. The predicted octanol–water partition coefficient (Wildman–Crippen LogP) is 5.55. The first kappa shape index (κ1) is 26.0. The van der Waals surface area contributed by atoms with Crippen molar-refractivity contribution in [3.8, 4) is 11.5 Å². The van der Waals surface area contributed by atoms with Gasteiger partial charge in [0, 0.05) is 37.4 Å². The van der Waals surface area contributed by atoms with Gasteiger partial charge in [0.15, 0.2) is 0 Å². The van der Waals surface area contributed by atoms with Crippen molar-refractivity contribution in [2.45, 2.75) is 0 Å². The maximum Gasteiger partial charge on any atom is 0.250 e. The van der Waals surface area contributed by atoms with Crippen LogP contribution in [0.4, 0.5) is 34.9 Å². The normalized spacial score (nSPS) is 10.9. The second-order valence-corrected chi connectivity index (χ2v) is 8.25. The Morgan fingerprint density at radius 2 is 1.18 bits per heavy atom. The summed E-state index contributed by atoms with van der Waals surface area (Å²) >= 11 is 0. The van der Waals surface area contributed by atoms with Crippen molar-refractivity contribution < 1.29 is 9.47 Å². The Labute approximate surface area is 222 Å². The van der Waals surface area contributed by atoms with Crippen LogP contribution >= 0.6 is 0 Å². The van der Waals surface area contributed by atoms with Gasteiger partial charge >= 0.3 is 0 Å². The first-order valence-electron chi connectivity index (χ1n) is 11.8. The lowest BCUT2D eigenvalue weighted by Crippen LogP contribution is -2.07. The largest absolute Gasteiger partial charge is 0.497 e. The van der Waals surface area contributed by atoms with Crippen LogP contribution in [0.15, 0.2) is 84.0 Å². The van der Waals surface area contributed by atoms with Crippen molar-refractivity contribution in [2.75, 3.05) is 49.3 Å². The van der Waals surface area contributed by atoms with Gasteiger partial charge in [0.05, 0.1) is 14.2 Å². The van der Waals surface area contributed by atoms with Gasteiger partial charge in [-0.2, -0.15) is 20.1 Å². The Morgan fingerprint density at radius 3 is 1.66 bits per heavy atom. The van der Waals surface area contributed by atoms with Crippen LogP contribution in [0, 0.1) is 0 Å². The average Bonchev–Trinajstić information content (AvgIpc) is 2.94. The number of rotatable bonds is 11. The van der Waals surface area contributed by atoms with E-state index < -0.39 is 0 Å². The van der Waals surface area contributed by atoms with Gasteiger partial charge in [-0.25, -0.2) is 5.43 Å². The van der Waals surface area contributed by atoms with Gasteiger partial charge in [0.2, 0.25) is 17.8 Å². The first-order chi connectivity index (χ1) is 18.5. The van der Waals surface area contributed by atoms with Crippen molar-refractivity contribution >= 4 is 47.2 Å². The fraction of sp³-hybridized carbons (Fsp3) is 0.143. The molecule has 38 heavy (non-hydrogen) atoms. The van der Waals surface area contributed by atoms with Gasteiger partial charge < -0.3 is 25.0 Å². The third-order valence-electron chi connectivity index (χ3n) is 5.35. The summed E-state index contributed by atoms with van der Waals surface area (Å²) in [7, 11) is 7.28. The zero-order valence-corrected chi connectivity index (χ0v) is 21.7. The topological polar surface area (TPSA) is 109 Å². The maximum absolute atomic E-state index is 5.23. The molecule has 0 aliphatic carbocycles. The van der Waals surface area contributed by atoms with Crippen molar-refractivity contribution in [1.29, 1.82) is 0 Å². The van der Waals surface area contributed by atoms with Crippen molar-refractivity contribution in [3.63, 3.8) is 0 Å². The van der Waals surface area contributed by atoms with Crippen LogP contribution in [0.3, 0.4) is 0 Å². The fourth-order valence-electron chi connectivity index (χ4n) is 3.32. The molecule has 0 aliphatic heterocycles. The number of nitrogens with zero attached hydrogens (tertiary/aromatic N) is 5. The first-order valence-corrected chi connectivity index (χ1v) is 11.8. The highest BCUT2D eigenvalue weighted by Crippen LogP contribution is 2.22. The Hall–Kier alpha value is -5.12. The molecule has 0 saturated carbocycles. The third kappa shape index (κ3) is 7.44. The SMILES string of the molecule is COc1ccc(Nc2nc(NN=CC=Cc3ccc(N(C)C)cc3)nc(Nc3ccc(OC)cc3)n2)cc1. The third-order valence-corrected chi connectivity index (χ3v) is 5.35. The molecular formula is C28H30N8O2. The Balaban J connectivity index is 1.49. The fourth-order valence-corrected chi connectivity index (χ4v) is 3.32. The maximum atomic E-state index is 5.23. The summed E-state index contributed by atoms with van der Waals surface area (Å²) in [5.74, 6) is 2.47. The lowest BCUT2D eigenvalue weighted by Gasteiger charge is -2.11. The summed E-state index contributed by atoms with van der Waals surface area (Å²) in [5, 5.41) is 10.6. The van der Waals surface area contributed by atoms with E-state index in [1.165, 1.54) is 0 Å². The number of aromatic nitrogens is 3. The molecule has 10 nitrogen and oxygen atoms in total. The molecule has 0 radical (unpaired) electrons. The number of hydrogen-bond donors (Lipinski definition) is 3. The number of hydrogen-bond acceptors (Lipinski definition) is 10. The van der Waals surface area contributed by atoms with Crippen molar-refractivity contribution in [3.05, 3.63) is 84.4 Å². The second-order valence-electron chi connectivity index (χ2n) is 8.25. The summed E-state index contributed by atoms with van der Waals surface area (Å²) < 4.78 is 10.5. The molecule has 0 atom stereocenters. The van der Waals surface area contributed by atoms with E-state index in [-0.39, 0.29) is 5.95 Å². The van der Waals surface area contributed by atoms with E-state index in [0.29, 0.717) is 11.9 Å². The van der Waals surface area contributed by atoms with Gasteiger partial charge in [-0.3, -0.25) is 0 Å². The van der Waals surface area contributed by atoms with Crippen molar-refractivity contribution in [2.24, 2.45) is 5.10 Å². The Bertz CT molecular complexity index is 1300. The lowest BCUT2D eigenvalue weighted by atomic mass is 10.2. The van der Waals surface area contributed by atoms with Gasteiger partial charge in [-0.15, -0.1) is 0 Å². The molecular weight excluding hydrogens is 480 g/mol. The van der Waals surface area contributed by atoms with Crippen LogP contribution in [0.5, 0.6) is 11.5 Å². The molecule has 1 aromatic heterocycles. The molecule has 10 heteroatoms. The van der Waals surface area contributed by atoms with Crippen LogP contribution in [-0.4, -0.2) is 49.5 Å².